The molecule has 0 aliphatic carbocycles. The number of sulfone groups is 1. The van der Waals surface area contributed by atoms with Gasteiger partial charge in [0, 0.05) is 11.4 Å². The molecule has 0 atom stereocenters. The molecule has 0 aliphatic heterocycles. The number of halogens is 6. The molecule has 0 radical (unpaired) electrons. The van der Waals surface area contributed by atoms with E-state index in [4.69, 9.17) is 20.9 Å². The minimum absolute atomic E-state index is 0.192. The van der Waals surface area contributed by atoms with Crippen LogP contribution in [0, 0.1) is 0 Å². The molecule has 204 valence electrons. The van der Waals surface area contributed by atoms with Gasteiger partial charge in [0.25, 0.3) is 0 Å². The predicted octanol–water partition coefficient (Wildman–Crippen LogP) is 7.31. The molecule has 4 rings (SSSR count). The van der Waals surface area contributed by atoms with Crippen LogP contribution in [0.1, 0.15) is 11.1 Å². The van der Waals surface area contributed by atoms with Crippen LogP contribution in [0.25, 0.3) is 0 Å². The van der Waals surface area contributed by atoms with Gasteiger partial charge in [-0.15, -0.1) is 0 Å². The Bertz CT molecular complexity index is 1520. The predicted molar refractivity (Wildman–Crippen MR) is 130 cm³/mol. The quantitative estimate of drug-likeness (QED) is 0.187. The SMILES string of the molecule is Nc1ccc(Oc2ccccc2S(=O)(=O)c2ccccc2Oc2ccc(N)cc2C(F)(F)F)c(C(F)(F)F)c1. The van der Waals surface area contributed by atoms with Gasteiger partial charge in [-0.05, 0) is 60.7 Å². The molecule has 0 amide bonds. The summed E-state index contributed by atoms with van der Waals surface area (Å²) in [6, 6.07) is 15.2. The Labute approximate surface area is 218 Å². The van der Waals surface area contributed by atoms with Gasteiger partial charge in [0.05, 0.1) is 0 Å². The molecule has 4 aromatic rings. The molecule has 39 heavy (non-hydrogen) atoms. The van der Waals surface area contributed by atoms with Gasteiger partial charge >= 0.3 is 12.4 Å². The second-order valence-corrected chi connectivity index (χ2v) is 9.99. The van der Waals surface area contributed by atoms with Crippen LogP contribution in [0.4, 0.5) is 37.7 Å². The molecule has 0 unspecified atom stereocenters. The first-order valence-corrected chi connectivity index (χ1v) is 12.4. The van der Waals surface area contributed by atoms with E-state index < -0.39 is 66.1 Å². The maximum atomic E-state index is 13.7. The molecule has 13 heteroatoms. The Morgan fingerprint density at radius 3 is 1.26 bits per heavy atom. The molecule has 0 saturated heterocycles. The molecule has 0 fully saturated rings. The van der Waals surface area contributed by atoms with Gasteiger partial charge in [-0.25, -0.2) is 8.42 Å². The molecular weight excluding hydrogens is 550 g/mol. The lowest BCUT2D eigenvalue weighted by molar-refractivity contribution is -0.139. The molecule has 0 spiro atoms. The lowest BCUT2D eigenvalue weighted by Crippen LogP contribution is -2.10. The summed E-state index contributed by atoms with van der Waals surface area (Å²) in [5.41, 5.74) is 8.10. The number of nitrogens with two attached hydrogens (primary N) is 2. The van der Waals surface area contributed by atoms with Crippen molar-refractivity contribution in [3.8, 4) is 23.0 Å². The minimum atomic E-state index is -4.87. The smallest absolute Gasteiger partial charge is 0.420 e. The second-order valence-electron chi connectivity index (χ2n) is 8.11. The summed E-state index contributed by atoms with van der Waals surface area (Å²) < 4.78 is 120. The van der Waals surface area contributed by atoms with E-state index in [9.17, 15) is 34.8 Å². The van der Waals surface area contributed by atoms with Crippen LogP contribution < -0.4 is 20.9 Å². The zero-order chi connectivity index (χ0) is 28.6. The van der Waals surface area contributed by atoms with Crippen LogP contribution in [0.3, 0.4) is 0 Å². The number of hydrogen-bond donors (Lipinski definition) is 2. The van der Waals surface area contributed by atoms with Crippen molar-refractivity contribution in [2.24, 2.45) is 0 Å². The summed E-state index contributed by atoms with van der Waals surface area (Å²) >= 11 is 0. The summed E-state index contributed by atoms with van der Waals surface area (Å²) in [5, 5.41) is 0. The number of anilines is 2. The lowest BCUT2D eigenvalue weighted by atomic mass is 10.1. The van der Waals surface area contributed by atoms with Gasteiger partial charge in [-0.3, -0.25) is 0 Å². The Morgan fingerprint density at radius 1 is 0.538 bits per heavy atom. The second kappa shape index (κ2) is 10.1. The van der Waals surface area contributed by atoms with Gasteiger partial charge in [-0.2, -0.15) is 26.3 Å². The summed E-state index contributed by atoms with van der Waals surface area (Å²) in [6.45, 7) is 0. The fraction of sp³-hybridized carbons (Fsp3) is 0.0769. The van der Waals surface area contributed by atoms with Crippen molar-refractivity contribution in [2.75, 3.05) is 11.5 Å². The summed E-state index contributed by atoms with van der Waals surface area (Å²) in [7, 11) is -4.62. The van der Waals surface area contributed by atoms with Crippen molar-refractivity contribution in [1.82, 2.24) is 0 Å². The molecule has 0 heterocycles. The van der Waals surface area contributed by atoms with E-state index in [1.807, 2.05) is 0 Å². The maximum Gasteiger partial charge on any atom is 0.420 e. The summed E-state index contributed by atoms with van der Waals surface area (Å²) in [6.07, 6.45) is -9.73. The Kier molecular flexibility index (Phi) is 7.13. The lowest BCUT2D eigenvalue weighted by Gasteiger charge is -2.18. The molecular formula is C26H18F6N2O4S. The van der Waals surface area contributed by atoms with Gasteiger partial charge in [0.15, 0.2) is 0 Å². The third-order valence-electron chi connectivity index (χ3n) is 5.34. The van der Waals surface area contributed by atoms with Crippen molar-refractivity contribution in [2.45, 2.75) is 22.1 Å². The molecule has 0 aromatic heterocycles. The zero-order valence-corrected chi connectivity index (χ0v) is 20.4. The van der Waals surface area contributed by atoms with E-state index in [1.165, 1.54) is 24.3 Å². The van der Waals surface area contributed by atoms with Crippen molar-refractivity contribution >= 4 is 21.2 Å². The highest BCUT2D eigenvalue weighted by Crippen LogP contribution is 2.44. The maximum absolute atomic E-state index is 13.7. The van der Waals surface area contributed by atoms with Gasteiger partial charge in [0.1, 0.15) is 43.9 Å². The third-order valence-corrected chi connectivity index (χ3v) is 7.17. The number of ether oxygens (including phenoxy) is 2. The van der Waals surface area contributed by atoms with Crippen molar-refractivity contribution < 1.29 is 44.2 Å². The van der Waals surface area contributed by atoms with E-state index in [0.717, 1.165) is 48.5 Å². The van der Waals surface area contributed by atoms with Crippen molar-refractivity contribution in [1.29, 1.82) is 0 Å². The fourth-order valence-electron chi connectivity index (χ4n) is 3.58. The highest BCUT2D eigenvalue weighted by Gasteiger charge is 2.37. The Balaban J connectivity index is 1.80. The molecule has 0 aliphatic rings. The average Bonchev–Trinajstić information content (AvgIpc) is 2.85. The van der Waals surface area contributed by atoms with Crippen LogP contribution in [0.2, 0.25) is 0 Å². The van der Waals surface area contributed by atoms with Gasteiger partial charge < -0.3 is 20.9 Å². The molecule has 4 N–H and O–H groups in total. The largest absolute Gasteiger partial charge is 0.455 e. The third kappa shape index (κ3) is 5.87. The van der Waals surface area contributed by atoms with Crippen molar-refractivity contribution in [3.05, 3.63) is 96.1 Å². The van der Waals surface area contributed by atoms with Crippen LogP contribution in [-0.2, 0) is 22.2 Å². The normalized spacial score (nSPS) is 12.3. The van der Waals surface area contributed by atoms with Gasteiger partial charge in [0.2, 0.25) is 9.84 Å². The number of benzene rings is 4. The molecule has 0 bridgehead atoms. The van der Waals surface area contributed by atoms with Gasteiger partial charge in [-0.1, -0.05) is 24.3 Å². The van der Waals surface area contributed by atoms with Crippen molar-refractivity contribution in [3.63, 3.8) is 0 Å². The molecule has 4 aromatic carbocycles. The van der Waals surface area contributed by atoms with E-state index in [-0.39, 0.29) is 11.4 Å². The highest BCUT2D eigenvalue weighted by atomic mass is 32.2. The van der Waals surface area contributed by atoms with Crippen LogP contribution in [-0.4, -0.2) is 8.42 Å². The average molecular weight is 568 g/mol. The monoisotopic (exact) mass is 568 g/mol. The van der Waals surface area contributed by atoms with E-state index >= 15 is 0 Å². The fourth-order valence-corrected chi connectivity index (χ4v) is 5.09. The first kappa shape index (κ1) is 27.6. The molecule has 6 nitrogen and oxygen atoms in total. The number of alkyl halides is 6. The summed E-state index contributed by atoms with van der Waals surface area (Å²) in [4.78, 5) is -1.11. The highest BCUT2D eigenvalue weighted by molar-refractivity contribution is 7.91. The van der Waals surface area contributed by atoms with E-state index in [1.54, 1.807) is 0 Å². The first-order chi connectivity index (χ1) is 18.2. The van der Waals surface area contributed by atoms with E-state index in [0.29, 0.717) is 12.1 Å². The number of nitrogen functional groups attached to an aromatic ring is 2. The number of rotatable bonds is 6. The first-order valence-electron chi connectivity index (χ1n) is 10.9. The Hall–Kier alpha value is -4.39. The van der Waals surface area contributed by atoms with Crippen LogP contribution in [0.5, 0.6) is 23.0 Å². The standard InChI is InChI=1S/C26H18F6N2O4S/c27-25(28,29)17-13-15(33)9-11-19(17)37-21-5-1-3-7-23(21)39(35,36)24-8-4-2-6-22(24)38-20-12-10-16(34)14-18(20)26(30,31)32/h1-14H,33-34H2. The topological polar surface area (TPSA) is 105 Å². The number of para-hydroxylation sites is 2. The zero-order valence-electron chi connectivity index (χ0n) is 19.5. The van der Waals surface area contributed by atoms with Crippen LogP contribution in [0.15, 0.2) is 94.7 Å². The van der Waals surface area contributed by atoms with Crippen LogP contribution >= 0.6 is 0 Å². The minimum Gasteiger partial charge on any atom is -0.455 e. The van der Waals surface area contributed by atoms with E-state index in [2.05, 4.69) is 0 Å². The Morgan fingerprint density at radius 2 is 0.897 bits per heavy atom. The number of hydrogen-bond acceptors (Lipinski definition) is 6. The molecule has 0 saturated carbocycles. The summed E-state index contributed by atoms with van der Waals surface area (Å²) in [5.74, 6) is -2.35.